The van der Waals surface area contributed by atoms with Crippen molar-refractivity contribution in [1.29, 1.82) is 0 Å². The third-order valence-electron chi connectivity index (χ3n) is 3.59. The van der Waals surface area contributed by atoms with Gasteiger partial charge < -0.3 is 14.2 Å². The van der Waals surface area contributed by atoms with Crippen molar-refractivity contribution in [3.8, 4) is 11.5 Å². The summed E-state index contributed by atoms with van der Waals surface area (Å²) in [7, 11) is 1.59. The van der Waals surface area contributed by atoms with Crippen molar-refractivity contribution < 1.29 is 19.0 Å². The second-order valence-corrected chi connectivity index (χ2v) is 5.46. The van der Waals surface area contributed by atoms with E-state index in [-0.39, 0.29) is 5.70 Å². The van der Waals surface area contributed by atoms with Crippen LogP contribution in [0.25, 0.3) is 6.08 Å². The smallest absolute Gasteiger partial charge is 0.363 e. The summed E-state index contributed by atoms with van der Waals surface area (Å²) in [6, 6.07) is 14.8. The molecule has 1 heterocycles. The maximum Gasteiger partial charge on any atom is 0.363 e. The van der Waals surface area contributed by atoms with Crippen LogP contribution in [0.2, 0.25) is 0 Å². The molecule has 0 atom stereocenters. The highest BCUT2D eigenvalue weighted by Gasteiger charge is 2.24. The number of carbonyl (C=O) groups excluding carboxylic acids is 1. The third kappa shape index (κ3) is 3.88. The van der Waals surface area contributed by atoms with Gasteiger partial charge in [-0.1, -0.05) is 31.2 Å². The van der Waals surface area contributed by atoms with Crippen molar-refractivity contribution in [2.45, 2.75) is 13.3 Å². The zero-order chi connectivity index (χ0) is 17.6. The summed E-state index contributed by atoms with van der Waals surface area (Å²) < 4.78 is 16.3. The van der Waals surface area contributed by atoms with Gasteiger partial charge in [-0.25, -0.2) is 9.79 Å². The lowest BCUT2D eigenvalue weighted by Gasteiger charge is -2.10. The fourth-order valence-corrected chi connectivity index (χ4v) is 2.38. The van der Waals surface area contributed by atoms with E-state index in [1.165, 1.54) is 0 Å². The van der Waals surface area contributed by atoms with Crippen LogP contribution in [0.5, 0.6) is 11.5 Å². The molecular weight excluding hydrogens is 318 g/mol. The monoisotopic (exact) mass is 337 g/mol. The molecule has 0 spiro atoms. The van der Waals surface area contributed by atoms with Crippen LogP contribution in [0, 0.1) is 0 Å². The topological polar surface area (TPSA) is 57.1 Å². The van der Waals surface area contributed by atoms with Crippen LogP contribution in [0.1, 0.15) is 24.5 Å². The molecule has 1 aliphatic heterocycles. The molecule has 0 bridgehead atoms. The van der Waals surface area contributed by atoms with E-state index in [0.29, 0.717) is 24.0 Å². The van der Waals surface area contributed by atoms with Gasteiger partial charge in [0.1, 0.15) is 0 Å². The van der Waals surface area contributed by atoms with Gasteiger partial charge >= 0.3 is 5.97 Å². The van der Waals surface area contributed by atoms with Crippen molar-refractivity contribution in [3.63, 3.8) is 0 Å². The van der Waals surface area contributed by atoms with Gasteiger partial charge in [0.2, 0.25) is 5.90 Å². The number of aliphatic imine (C=N–C) groups is 1. The molecule has 0 radical (unpaired) electrons. The van der Waals surface area contributed by atoms with E-state index in [1.54, 1.807) is 19.3 Å². The Kier molecular flexibility index (Phi) is 5.14. The minimum absolute atomic E-state index is 0.255. The van der Waals surface area contributed by atoms with Crippen LogP contribution in [0.4, 0.5) is 0 Å². The van der Waals surface area contributed by atoms with Crippen LogP contribution < -0.4 is 9.47 Å². The zero-order valence-corrected chi connectivity index (χ0v) is 14.2. The molecule has 0 saturated heterocycles. The first-order valence-corrected chi connectivity index (χ1v) is 8.10. The molecule has 0 aromatic heterocycles. The summed E-state index contributed by atoms with van der Waals surface area (Å²) in [5.41, 5.74) is 1.81. The Morgan fingerprint density at radius 2 is 1.92 bits per heavy atom. The average Bonchev–Trinajstić information content (AvgIpc) is 3.01. The lowest BCUT2D eigenvalue weighted by Crippen LogP contribution is -2.04. The van der Waals surface area contributed by atoms with Gasteiger partial charge in [-0.2, -0.15) is 0 Å². The van der Waals surface area contributed by atoms with Crippen molar-refractivity contribution in [2.75, 3.05) is 13.7 Å². The van der Waals surface area contributed by atoms with Gasteiger partial charge in [-0.3, -0.25) is 0 Å². The second kappa shape index (κ2) is 7.66. The second-order valence-electron chi connectivity index (χ2n) is 5.46. The Morgan fingerprint density at radius 1 is 1.12 bits per heavy atom. The predicted octanol–water partition coefficient (Wildman–Crippen LogP) is 3.83. The molecule has 0 fully saturated rings. The van der Waals surface area contributed by atoms with Gasteiger partial charge in [-0.05, 0) is 42.3 Å². The molecular formula is C20H19NO4. The average molecular weight is 337 g/mol. The first kappa shape index (κ1) is 16.8. The number of hydrogen-bond acceptors (Lipinski definition) is 5. The summed E-state index contributed by atoms with van der Waals surface area (Å²) in [5.74, 6) is 1.13. The maximum atomic E-state index is 12.1. The Balaban J connectivity index is 1.89. The van der Waals surface area contributed by atoms with Crippen LogP contribution in [-0.2, 0) is 9.53 Å². The number of hydrogen-bond donors (Lipinski definition) is 0. The van der Waals surface area contributed by atoms with Gasteiger partial charge in [0.15, 0.2) is 17.2 Å². The lowest BCUT2D eigenvalue weighted by atomic mass is 10.1. The molecule has 2 aromatic carbocycles. The van der Waals surface area contributed by atoms with Crippen molar-refractivity contribution in [1.82, 2.24) is 0 Å². The Bertz CT molecular complexity index is 825. The van der Waals surface area contributed by atoms with Crippen LogP contribution in [-0.4, -0.2) is 25.6 Å². The van der Waals surface area contributed by atoms with E-state index in [4.69, 9.17) is 14.2 Å². The first-order valence-electron chi connectivity index (χ1n) is 8.10. The summed E-state index contributed by atoms with van der Waals surface area (Å²) in [6.45, 7) is 2.63. The van der Waals surface area contributed by atoms with Gasteiger partial charge in [0.25, 0.3) is 0 Å². The molecule has 25 heavy (non-hydrogen) atoms. The number of nitrogens with zero attached hydrogens (tertiary/aromatic N) is 1. The maximum absolute atomic E-state index is 12.1. The number of cyclic esters (lactones) is 1. The molecule has 5 heteroatoms. The normalized spacial score (nSPS) is 15.0. The Hall–Kier alpha value is -3.08. The SMILES string of the molecule is CCCOc1cc(/C=C2/N=C(c3ccccc3)OC2=O)ccc1OC. The largest absolute Gasteiger partial charge is 0.493 e. The fourth-order valence-electron chi connectivity index (χ4n) is 2.38. The van der Waals surface area contributed by atoms with E-state index in [0.717, 1.165) is 17.5 Å². The highest BCUT2D eigenvalue weighted by molar-refractivity contribution is 6.12. The van der Waals surface area contributed by atoms with Gasteiger partial charge in [-0.15, -0.1) is 0 Å². The van der Waals surface area contributed by atoms with Crippen molar-refractivity contribution in [3.05, 3.63) is 65.4 Å². The van der Waals surface area contributed by atoms with Crippen LogP contribution in [0.3, 0.4) is 0 Å². The molecule has 0 saturated carbocycles. The Morgan fingerprint density at radius 3 is 2.64 bits per heavy atom. The summed E-state index contributed by atoms with van der Waals surface area (Å²) in [4.78, 5) is 16.4. The van der Waals surface area contributed by atoms with E-state index in [9.17, 15) is 4.79 Å². The van der Waals surface area contributed by atoms with Gasteiger partial charge in [0.05, 0.1) is 13.7 Å². The highest BCUT2D eigenvalue weighted by atomic mass is 16.6. The standard InChI is InChI=1S/C20H19NO4/c1-3-11-24-18-13-14(9-10-17(18)23-2)12-16-20(22)25-19(21-16)15-7-5-4-6-8-15/h4-10,12-13H,3,11H2,1-2H3/b16-12+. The summed E-state index contributed by atoms with van der Waals surface area (Å²) in [5, 5.41) is 0. The number of rotatable bonds is 6. The quantitative estimate of drug-likeness (QED) is 0.594. The summed E-state index contributed by atoms with van der Waals surface area (Å²) >= 11 is 0. The van der Waals surface area contributed by atoms with Crippen molar-refractivity contribution >= 4 is 17.9 Å². The Labute approximate surface area is 146 Å². The molecule has 0 amide bonds. The molecule has 0 aliphatic carbocycles. The number of esters is 1. The molecule has 0 N–H and O–H groups in total. The molecule has 0 unspecified atom stereocenters. The minimum Gasteiger partial charge on any atom is -0.493 e. The fraction of sp³-hybridized carbons (Fsp3) is 0.200. The predicted molar refractivity (Wildman–Crippen MR) is 95.8 cm³/mol. The molecule has 3 rings (SSSR count). The molecule has 1 aliphatic rings. The van der Waals surface area contributed by atoms with Gasteiger partial charge in [0, 0.05) is 5.56 Å². The minimum atomic E-state index is -0.467. The van der Waals surface area contributed by atoms with Crippen molar-refractivity contribution in [2.24, 2.45) is 4.99 Å². The van der Waals surface area contributed by atoms with E-state index >= 15 is 0 Å². The van der Waals surface area contributed by atoms with E-state index in [2.05, 4.69) is 4.99 Å². The molecule has 5 nitrogen and oxygen atoms in total. The van der Waals surface area contributed by atoms with E-state index in [1.807, 2.05) is 49.4 Å². The number of methoxy groups -OCH3 is 1. The van der Waals surface area contributed by atoms with Crippen LogP contribution in [0.15, 0.2) is 59.2 Å². The first-order chi connectivity index (χ1) is 12.2. The lowest BCUT2D eigenvalue weighted by molar-refractivity contribution is -0.129. The number of benzene rings is 2. The number of carbonyl (C=O) groups is 1. The number of ether oxygens (including phenoxy) is 3. The zero-order valence-electron chi connectivity index (χ0n) is 14.2. The highest BCUT2D eigenvalue weighted by Crippen LogP contribution is 2.30. The van der Waals surface area contributed by atoms with Crippen LogP contribution >= 0.6 is 0 Å². The molecule has 128 valence electrons. The molecule has 2 aromatic rings. The van der Waals surface area contributed by atoms with E-state index < -0.39 is 5.97 Å². The third-order valence-corrected chi connectivity index (χ3v) is 3.59. The summed E-state index contributed by atoms with van der Waals surface area (Å²) in [6.07, 6.45) is 2.57.